The third-order valence-electron chi connectivity index (χ3n) is 1.83. The van der Waals surface area contributed by atoms with Crippen LogP contribution in [0.5, 0.6) is 0 Å². The fourth-order valence-corrected chi connectivity index (χ4v) is 2.04. The molecule has 0 aromatic carbocycles. The van der Waals surface area contributed by atoms with Crippen molar-refractivity contribution in [1.29, 1.82) is 0 Å². The summed E-state index contributed by atoms with van der Waals surface area (Å²) in [6, 6.07) is 0.498. The van der Waals surface area contributed by atoms with Crippen molar-refractivity contribution in [2.45, 2.75) is 45.4 Å². The lowest BCUT2D eigenvalue weighted by atomic mass is 10.3. The fraction of sp³-hybridized carbons (Fsp3) is 1.00. The molecule has 0 aliphatic heterocycles. The van der Waals surface area contributed by atoms with Crippen molar-refractivity contribution in [3.05, 3.63) is 0 Å². The van der Waals surface area contributed by atoms with Crippen LogP contribution in [-0.4, -0.2) is 27.8 Å². The van der Waals surface area contributed by atoms with Crippen LogP contribution in [0, 0.1) is 0 Å². The first-order valence-electron chi connectivity index (χ1n) is 4.68. The first-order chi connectivity index (χ1) is 5.57. The molecule has 2 unspecified atom stereocenters. The van der Waals surface area contributed by atoms with Crippen LogP contribution in [-0.2, 0) is 10.8 Å². The molecule has 0 fully saturated rings. The SMILES string of the molecule is CCNC(C)CCS(=O)C(C)C. The molecule has 1 N–H and O–H groups in total. The first kappa shape index (κ1) is 12.1. The molecule has 3 heteroatoms. The minimum absolute atomic E-state index is 0.304. The average Bonchev–Trinajstić information content (AvgIpc) is 2.00. The Hall–Kier alpha value is 0.110. The van der Waals surface area contributed by atoms with E-state index in [2.05, 4.69) is 19.2 Å². The van der Waals surface area contributed by atoms with Gasteiger partial charge in [0, 0.05) is 27.8 Å². The second-order valence-corrected chi connectivity index (χ2v) is 5.49. The van der Waals surface area contributed by atoms with Gasteiger partial charge in [0.05, 0.1) is 0 Å². The lowest BCUT2D eigenvalue weighted by Crippen LogP contribution is -2.27. The number of hydrogen-bond acceptors (Lipinski definition) is 2. The zero-order valence-corrected chi connectivity index (χ0v) is 9.41. The average molecular weight is 191 g/mol. The van der Waals surface area contributed by atoms with Crippen LogP contribution in [0.1, 0.15) is 34.1 Å². The highest BCUT2D eigenvalue weighted by Crippen LogP contribution is 1.99. The number of hydrogen-bond donors (Lipinski definition) is 1. The zero-order chi connectivity index (χ0) is 9.56. The maximum absolute atomic E-state index is 11.3. The van der Waals surface area contributed by atoms with E-state index >= 15 is 0 Å². The van der Waals surface area contributed by atoms with Gasteiger partial charge in [0.15, 0.2) is 0 Å². The summed E-state index contributed by atoms with van der Waals surface area (Å²) in [4.78, 5) is 0. The topological polar surface area (TPSA) is 29.1 Å². The summed E-state index contributed by atoms with van der Waals surface area (Å²) < 4.78 is 11.3. The molecule has 0 aromatic heterocycles. The monoisotopic (exact) mass is 191 g/mol. The van der Waals surface area contributed by atoms with E-state index in [4.69, 9.17) is 0 Å². The minimum atomic E-state index is -0.636. The van der Waals surface area contributed by atoms with Crippen LogP contribution in [0.15, 0.2) is 0 Å². The van der Waals surface area contributed by atoms with Crippen molar-refractivity contribution in [3.8, 4) is 0 Å². The predicted octanol–water partition coefficient (Wildman–Crippen LogP) is 1.53. The van der Waals surface area contributed by atoms with Gasteiger partial charge in [-0.2, -0.15) is 0 Å². The summed E-state index contributed by atoms with van der Waals surface area (Å²) in [5, 5.41) is 3.61. The smallest absolute Gasteiger partial charge is 0.0291 e. The molecule has 0 aliphatic rings. The fourth-order valence-electron chi connectivity index (χ4n) is 0.979. The third-order valence-corrected chi connectivity index (χ3v) is 3.52. The Morgan fingerprint density at radius 1 is 1.33 bits per heavy atom. The summed E-state index contributed by atoms with van der Waals surface area (Å²) >= 11 is 0. The van der Waals surface area contributed by atoms with Crippen LogP contribution in [0.3, 0.4) is 0 Å². The molecule has 0 aromatic rings. The highest BCUT2D eigenvalue weighted by Gasteiger charge is 2.07. The number of rotatable bonds is 6. The Bertz CT molecular complexity index is 136. The molecule has 2 atom stereocenters. The molecule has 0 spiro atoms. The quantitative estimate of drug-likeness (QED) is 0.690. The van der Waals surface area contributed by atoms with Gasteiger partial charge in [-0.15, -0.1) is 0 Å². The Labute approximate surface area is 78.6 Å². The molecule has 12 heavy (non-hydrogen) atoms. The molecule has 74 valence electrons. The molecule has 0 saturated heterocycles. The van der Waals surface area contributed by atoms with Crippen molar-refractivity contribution >= 4 is 10.8 Å². The summed E-state index contributed by atoms with van der Waals surface area (Å²) in [7, 11) is -0.636. The largest absolute Gasteiger partial charge is 0.315 e. The molecule has 0 radical (unpaired) electrons. The van der Waals surface area contributed by atoms with Gasteiger partial charge in [-0.05, 0) is 19.9 Å². The van der Waals surface area contributed by atoms with E-state index in [9.17, 15) is 4.21 Å². The lowest BCUT2D eigenvalue weighted by molar-refractivity contribution is 0.552. The molecular formula is C9H21NOS. The minimum Gasteiger partial charge on any atom is -0.315 e. The van der Waals surface area contributed by atoms with Crippen LogP contribution >= 0.6 is 0 Å². The molecule has 0 saturated carbocycles. The van der Waals surface area contributed by atoms with Crippen molar-refractivity contribution in [1.82, 2.24) is 5.32 Å². The summed E-state index contributed by atoms with van der Waals surface area (Å²) in [5.74, 6) is 0.825. The summed E-state index contributed by atoms with van der Waals surface area (Å²) in [5.41, 5.74) is 0. The molecule has 0 amide bonds. The van der Waals surface area contributed by atoms with Crippen LogP contribution in [0.2, 0.25) is 0 Å². The number of nitrogens with one attached hydrogen (secondary N) is 1. The second kappa shape index (κ2) is 6.61. The van der Waals surface area contributed by atoms with Crippen molar-refractivity contribution in [2.75, 3.05) is 12.3 Å². The Balaban J connectivity index is 3.47. The van der Waals surface area contributed by atoms with Gasteiger partial charge in [0.2, 0.25) is 0 Å². The lowest BCUT2D eigenvalue weighted by Gasteiger charge is -2.12. The van der Waals surface area contributed by atoms with E-state index < -0.39 is 10.8 Å². The van der Waals surface area contributed by atoms with Crippen molar-refractivity contribution < 1.29 is 4.21 Å². The van der Waals surface area contributed by atoms with Gasteiger partial charge in [-0.1, -0.05) is 20.8 Å². The van der Waals surface area contributed by atoms with Crippen LogP contribution < -0.4 is 5.32 Å². The van der Waals surface area contributed by atoms with Crippen molar-refractivity contribution in [2.24, 2.45) is 0 Å². The van der Waals surface area contributed by atoms with Gasteiger partial charge in [0.25, 0.3) is 0 Å². The van der Waals surface area contributed by atoms with Crippen LogP contribution in [0.25, 0.3) is 0 Å². The Morgan fingerprint density at radius 3 is 2.33 bits per heavy atom. The van der Waals surface area contributed by atoms with Crippen molar-refractivity contribution in [3.63, 3.8) is 0 Å². The standard InChI is InChI=1S/C9H21NOS/c1-5-10-9(4)6-7-12(11)8(2)3/h8-10H,5-7H2,1-4H3. The molecule has 0 rings (SSSR count). The third kappa shape index (κ3) is 5.72. The molecule has 0 bridgehead atoms. The van der Waals surface area contributed by atoms with E-state index in [1.165, 1.54) is 0 Å². The second-order valence-electron chi connectivity index (χ2n) is 3.38. The molecule has 0 aliphatic carbocycles. The van der Waals surface area contributed by atoms with E-state index in [-0.39, 0.29) is 0 Å². The maximum Gasteiger partial charge on any atom is 0.0291 e. The highest BCUT2D eigenvalue weighted by atomic mass is 32.2. The first-order valence-corrected chi connectivity index (χ1v) is 6.06. The molecule has 2 nitrogen and oxygen atoms in total. The van der Waals surface area contributed by atoms with Crippen LogP contribution in [0.4, 0.5) is 0 Å². The Kier molecular flexibility index (Phi) is 6.67. The van der Waals surface area contributed by atoms with Gasteiger partial charge >= 0.3 is 0 Å². The van der Waals surface area contributed by atoms with Gasteiger partial charge < -0.3 is 5.32 Å². The maximum atomic E-state index is 11.3. The molecular weight excluding hydrogens is 170 g/mol. The van der Waals surface area contributed by atoms with E-state index in [0.29, 0.717) is 11.3 Å². The summed E-state index contributed by atoms with van der Waals surface area (Å²) in [6.07, 6.45) is 1.01. The Morgan fingerprint density at radius 2 is 1.92 bits per heavy atom. The summed E-state index contributed by atoms with van der Waals surface area (Å²) in [6.45, 7) is 9.24. The van der Waals surface area contributed by atoms with E-state index in [1.807, 2.05) is 13.8 Å². The molecule has 0 heterocycles. The zero-order valence-electron chi connectivity index (χ0n) is 8.59. The van der Waals surface area contributed by atoms with Gasteiger partial charge in [-0.3, -0.25) is 4.21 Å². The van der Waals surface area contributed by atoms with Gasteiger partial charge in [0.1, 0.15) is 0 Å². The highest BCUT2D eigenvalue weighted by molar-refractivity contribution is 7.85. The van der Waals surface area contributed by atoms with E-state index in [0.717, 1.165) is 18.7 Å². The van der Waals surface area contributed by atoms with E-state index in [1.54, 1.807) is 0 Å². The van der Waals surface area contributed by atoms with Gasteiger partial charge in [-0.25, -0.2) is 0 Å². The normalized spacial score (nSPS) is 16.4. The predicted molar refractivity (Wildman–Crippen MR) is 55.9 cm³/mol.